The maximum Gasteiger partial charge on any atom is 0.166 e. The molecule has 0 bridgehead atoms. The van der Waals surface area contributed by atoms with E-state index in [0.29, 0.717) is 18.3 Å². The van der Waals surface area contributed by atoms with E-state index in [1.807, 2.05) is 0 Å². The van der Waals surface area contributed by atoms with Crippen LogP contribution in [0.4, 0.5) is 0 Å². The van der Waals surface area contributed by atoms with Crippen molar-refractivity contribution in [3.05, 3.63) is 0 Å². The lowest BCUT2D eigenvalue weighted by atomic mass is 9.58. The number of hydrogen-bond donors (Lipinski definition) is 2. The van der Waals surface area contributed by atoms with Crippen LogP contribution in [0, 0.1) is 11.8 Å². The highest BCUT2D eigenvalue weighted by atomic mass is 16.6. The second-order valence-electron chi connectivity index (χ2n) is 6.45. The molecule has 96 valence electrons. The number of rotatable bonds is 1. The topological polar surface area (TPSA) is 81.6 Å². The molecule has 0 aromatic heterocycles. The van der Waals surface area contributed by atoms with Crippen molar-refractivity contribution in [3.8, 4) is 0 Å². The number of carbonyl (C=O) groups is 1. The Hall–Kier alpha value is -0.450. The van der Waals surface area contributed by atoms with Crippen LogP contribution in [-0.4, -0.2) is 29.1 Å². The first kappa shape index (κ1) is 11.6. The van der Waals surface area contributed by atoms with E-state index in [2.05, 4.69) is 13.8 Å². The van der Waals surface area contributed by atoms with Crippen molar-refractivity contribution in [1.82, 2.24) is 0 Å². The number of carbonyl (C=O) groups excluding carboxylic acids is 1. The Morgan fingerprint density at radius 1 is 1.47 bits per heavy atom. The van der Waals surface area contributed by atoms with Gasteiger partial charge in [0.05, 0.1) is 5.54 Å². The molecule has 17 heavy (non-hydrogen) atoms. The van der Waals surface area contributed by atoms with E-state index < -0.39 is 11.1 Å². The molecule has 1 saturated heterocycles. The number of hydrogen-bond acceptors (Lipinski definition) is 4. The van der Waals surface area contributed by atoms with Gasteiger partial charge < -0.3 is 16.2 Å². The summed E-state index contributed by atoms with van der Waals surface area (Å²) in [5, 5.41) is 0. The minimum atomic E-state index is -0.487. The second kappa shape index (κ2) is 3.31. The summed E-state index contributed by atoms with van der Waals surface area (Å²) in [5.41, 5.74) is 11.8. The molecule has 4 nitrogen and oxygen atoms in total. The molecule has 5 atom stereocenters. The average Bonchev–Trinajstić information content (AvgIpc) is 2.98. The molecule has 1 heterocycles. The minimum Gasteiger partial charge on any atom is -0.356 e. The zero-order valence-corrected chi connectivity index (χ0v) is 10.6. The van der Waals surface area contributed by atoms with Crippen molar-refractivity contribution in [2.75, 3.05) is 0 Å². The number of nitrogens with two attached hydrogens (primary N) is 2. The summed E-state index contributed by atoms with van der Waals surface area (Å²) < 4.78 is 5.73. The van der Waals surface area contributed by atoms with Gasteiger partial charge in [0.25, 0.3) is 0 Å². The van der Waals surface area contributed by atoms with E-state index in [4.69, 9.17) is 16.2 Å². The summed E-state index contributed by atoms with van der Waals surface area (Å²) >= 11 is 0. The highest BCUT2D eigenvalue weighted by molar-refractivity contribution is 5.90. The molecule has 0 aromatic carbocycles. The molecule has 2 unspecified atom stereocenters. The molecular weight excluding hydrogens is 216 g/mol. The average molecular weight is 238 g/mol. The van der Waals surface area contributed by atoms with Crippen LogP contribution in [0.25, 0.3) is 0 Å². The largest absolute Gasteiger partial charge is 0.356 e. The van der Waals surface area contributed by atoms with Crippen molar-refractivity contribution in [1.29, 1.82) is 0 Å². The first-order chi connectivity index (χ1) is 7.91. The summed E-state index contributed by atoms with van der Waals surface area (Å²) in [7, 11) is 0. The molecule has 2 saturated carbocycles. The summed E-state index contributed by atoms with van der Waals surface area (Å²) in [6.45, 7) is 4.47. The zero-order chi connectivity index (χ0) is 12.4. The maximum absolute atomic E-state index is 11.8. The molecular formula is C13H22N2O2. The Labute approximate surface area is 102 Å². The van der Waals surface area contributed by atoms with Crippen LogP contribution in [0.2, 0.25) is 0 Å². The van der Waals surface area contributed by atoms with Crippen molar-refractivity contribution < 1.29 is 9.53 Å². The predicted molar refractivity (Wildman–Crippen MR) is 64.3 cm³/mol. The van der Waals surface area contributed by atoms with Crippen LogP contribution in [0.3, 0.4) is 0 Å². The molecule has 4 heteroatoms. The molecule has 3 rings (SSSR count). The van der Waals surface area contributed by atoms with Crippen molar-refractivity contribution in [3.63, 3.8) is 0 Å². The highest BCUT2D eigenvalue weighted by Crippen LogP contribution is 2.59. The lowest BCUT2D eigenvalue weighted by Crippen LogP contribution is -2.71. The minimum absolute atomic E-state index is 0.154. The third kappa shape index (κ3) is 1.32. The second-order valence-corrected chi connectivity index (χ2v) is 6.45. The highest BCUT2D eigenvalue weighted by Gasteiger charge is 2.75. The van der Waals surface area contributed by atoms with Gasteiger partial charge in [-0.15, -0.1) is 0 Å². The van der Waals surface area contributed by atoms with Gasteiger partial charge in [0.15, 0.2) is 5.78 Å². The van der Waals surface area contributed by atoms with Crippen LogP contribution >= 0.6 is 0 Å². The SMILES string of the molecule is CC(C)[C@@H]1CCC23OC2C(=O)C[C@@H](N)[C@]3(N)C1. The fourth-order valence-corrected chi connectivity index (χ4v) is 3.93. The molecule has 4 N–H and O–H groups in total. The van der Waals surface area contributed by atoms with Crippen LogP contribution in [0.1, 0.15) is 39.5 Å². The fourth-order valence-electron chi connectivity index (χ4n) is 3.93. The third-order valence-corrected chi connectivity index (χ3v) is 5.29. The van der Waals surface area contributed by atoms with Gasteiger partial charge >= 0.3 is 0 Å². The zero-order valence-electron chi connectivity index (χ0n) is 10.6. The van der Waals surface area contributed by atoms with E-state index in [9.17, 15) is 4.79 Å². The first-order valence-corrected chi connectivity index (χ1v) is 6.66. The quantitative estimate of drug-likeness (QED) is 0.655. The van der Waals surface area contributed by atoms with Gasteiger partial charge in [0.2, 0.25) is 0 Å². The van der Waals surface area contributed by atoms with E-state index in [1.165, 1.54) is 0 Å². The van der Waals surface area contributed by atoms with Crippen molar-refractivity contribution >= 4 is 5.78 Å². The molecule has 0 amide bonds. The van der Waals surface area contributed by atoms with Crippen molar-refractivity contribution in [2.24, 2.45) is 23.3 Å². The van der Waals surface area contributed by atoms with E-state index >= 15 is 0 Å². The van der Waals surface area contributed by atoms with Crippen LogP contribution < -0.4 is 11.5 Å². The predicted octanol–water partition coefficient (Wildman–Crippen LogP) is 0.578. The Kier molecular flexibility index (Phi) is 2.26. The normalized spacial score (nSPS) is 53.2. The number of epoxide rings is 1. The summed E-state index contributed by atoms with van der Waals surface area (Å²) in [4.78, 5) is 11.8. The molecule has 3 fully saturated rings. The summed E-state index contributed by atoms with van der Waals surface area (Å²) in [6.07, 6.45) is 3.04. The Bertz CT molecular complexity index is 370. The molecule has 0 radical (unpaired) electrons. The van der Waals surface area contributed by atoms with Gasteiger partial charge in [-0.25, -0.2) is 0 Å². The van der Waals surface area contributed by atoms with Crippen LogP contribution in [0.5, 0.6) is 0 Å². The lowest BCUT2D eigenvalue weighted by molar-refractivity contribution is -0.122. The maximum atomic E-state index is 11.8. The molecule has 1 spiro atoms. The van der Waals surface area contributed by atoms with Crippen LogP contribution in [-0.2, 0) is 9.53 Å². The molecule has 3 aliphatic rings. The number of ether oxygens (including phenoxy) is 1. The van der Waals surface area contributed by atoms with Gasteiger partial charge in [0, 0.05) is 12.5 Å². The smallest absolute Gasteiger partial charge is 0.166 e. The fraction of sp³-hybridized carbons (Fsp3) is 0.923. The standard InChI is InChI=1S/C13H22N2O2/c1-7(2)8-3-4-13-11(17-13)9(16)5-10(14)12(13,15)6-8/h7-8,10-11H,3-6,14-15H2,1-2H3/t8-,10-,11?,12-,13?/m1/s1. The van der Waals surface area contributed by atoms with E-state index in [1.54, 1.807) is 0 Å². The van der Waals surface area contributed by atoms with E-state index in [-0.39, 0.29) is 17.9 Å². The Balaban J connectivity index is 1.91. The Morgan fingerprint density at radius 3 is 2.82 bits per heavy atom. The van der Waals surface area contributed by atoms with Crippen molar-refractivity contribution in [2.45, 2.75) is 62.8 Å². The Morgan fingerprint density at radius 2 is 2.18 bits per heavy atom. The lowest BCUT2D eigenvalue weighted by Gasteiger charge is -2.49. The number of Topliss-reactive ketones (excluding diaryl/α,β-unsaturated/α-hetero) is 1. The van der Waals surface area contributed by atoms with Gasteiger partial charge in [-0.3, -0.25) is 4.79 Å². The molecule has 1 aliphatic heterocycles. The molecule has 2 aliphatic carbocycles. The summed E-state index contributed by atoms with van der Waals surface area (Å²) in [6, 6.07) is -0.240. The van der Waals surface area contributed by atoms with E-state index in [0.717, 1.165) is 19.3 Å². The first-order valence-electron chi connectivity index (χ1n) is 6.66. The third-order valence-electron chi connectivity index (χ3n) is 5.29. The molecule has 0 aromatic rings. The van der Waals surface area contributed by atoms with Crippen LogP contribution in [0.15, 0.2) is 0 Å². The summed E-state index contributed by atoms with van der Waals surface area (Å²) in [5.74, 6) is 1.38. The monoisotopic (exact) mass is 238 g/mol. The van der Waals surface area contributed by atoms with Gasteiger partial charge in [0.1, 0.15) is 11.7 Å². The van der Waals surface area contributed by atoms with Gasteiger partial charge in [-0.05, 0) is 31.1 Å². The van der Waals surface area contributed by atoms with Gasteiger partial charge in [-0.1, -0.05) is 13.8 Å². The van der Waals surface area contributed by atoms with Gasteiger partial charge in [-0.2, -0.15) is 0 Å². The number of ketones is 1.